The van der Waals surface area contributed by atoms with Crippen LogP contribution in [0.3, 0.4) is 0 Å². The molecule has 4 rings (SSSR count). The van der Waals surface area contributed by atoms with Crippen molar-refractivity contribution in [3.05, 3.63) is 28.8 Å². The zero-order valence-corrected chi connectivity index (χ0v) is 18.7. The van der Waals surface area contributed by atoms with Crippen LogP contribution < -0.4 is 4.65 Å². The molecule has 11 heteroatoms. The van der Waals surface area contributed by atoms with E-state index in [9.17, 15) is 10.0 Å². The van der Waals surface area contributed by atoms with Crippen LogP contribution in [0.5, 0.6) is 5.75 Å². The van der Waals surface area contributed by atoms with Crippen molar-refractivity contribution in [2.45, 2.75) is 58.3 Å². The first-order valence-electron chi connectivity index (χ1n) is 10.6. The Hall–Kier alpha value is -1.07. The smallest absolute Gasteiger partial charge is 0.582 e. The quantitative estimate of drug-likeness (QED) is 0.665. The molecular weight excluding hydrogens is 387 g/mol. The lowest BCUT2D eigenvalue weighted by molar-refractivity contribution is 0.0148. The fourth-order valence-electron chi connectivity index (χ4n) is 4.48. The highest BCUT2D eigenvalue weighted by atomic mass is 16.9. The average Bonchev–Trinajstić information content (AvgIpc) is 2.91. The summed E-state index contributed by atoms with van der Waals surface area (Å²) in [6.07, 6.45) is 0. The van der Waals surface area contributed by atoms with E-state index in [2.05, 4.69) is 58.6 Å². The van der Waals surface area contributed by atoms with Gasteiger partial charge in [-0.3, -0.25) is 0 Å². The Labute approximate surface area is 179 Å². The van der Waals surface area contributed by atoms with Gasteiger partial charge >= 0.3 is 21.4 Å². The Kier molecular flexibility index (Phi) is 5.55. The van der Waals surface area contributed by atoms with E-state index in [0.717, 1.165) is 11.1 Å². The Balaban J connectivity index is 1.91. The van der Waals surface area contributed by atoms with E-state index in [1.807, 2.05) is 0 Å². The highest BCUT2D eigenvalue weighted by Gasteiger charge is 2.57. The molecule has 2 N–H and O–H groups in total. The third-order valence-electron chi connectivity index (χ3n) is 6.06. The molecule has 3 heterocycles. The molecular formula is C19H31B3NO7-. The summed E-state index contributed by atoms with van der Waals surface area (Å²) in [5.74, 6) is 0.244. The van der Waals surface area contributed by atoms with Crippen LogP contribution in [0.4, 0.5) is 0 Å². The monoisotopic (exact) mass is 418 g/mol. The minimum absolute atomic E-state index is 0.0796. The minimum atomic E-state index is -2.58. The van der Waals surface area contributed by atoms with E-state index >= 15 is 0 Å². The first kappa shape index (κ1) is 22.1. The molecule has 0 aromatic heterocycles. The van der Waals surface area contributed by atoms with E-state index in [0.29, 0.717) is 32.1 Å². The van der Waals surface area contributed by atoms with Crippen LogP contribution in [0.2, 0.25) is 0 Å². The molecule has 2 fully saturated rings. The first-order valence-corrected chi connectivity index (χ1v) is 10.6. The molecule has 1 spiro atoms. The van der Waals surface area contributed by atoms with Crippen molar-refractivity contribution in [3.8, 4) is 5.75 Å². The molecule has 0 radical (unpaired) electrons. The van der Waals surface area contributed by atoms with Gasteiger partial charge in [-0.1, -0.05) is 53.7 Å². The number of benzene rings is 1. The van der Waals surface area contributed by atoms with E-state index in [1.54, 1.807) is 0 Å². The number of hydrogen-bond acceptors (Lipinski definition) is 8. The maximum Gasteiger partial charge on any atom is 0.582 e. The molecule has 0 aliphatic carbocycles. The van der Waals surface area contributed by atoms with Crippen LogP contribution in [-0.2, 0) is 29.3 Å². The Morgan fingerprint density at radius 3 is 2.10 bits per heavy atom. The highest BCUT2D eigenvalue weighted by Crippen LogP contribution is 2.51. The van der Waals surface area contributed by atoms with Gasteiger partial charge in [-0.25, -0.2) is 0 Å². The number of nitrogens with zero attached hydrogens (tertiary/aromatic N) is 1. The number of ether oxygens (including phenoxy) is 1. The number of hydrogen-bond donors (Lipinski definition) is 2. The van der Waals surface area contributed by atoms with Crippen LogP contribution in [0.1, 0.15) is 64.2 Å². The van der Waals surface area contributed by atoms with Gasteiger partial charge in [-0.05, 0) is 27.5 Å². The second-order valence-electron chi connectivity index (χ2n) is 10.4. The zero-order valence-electron chi connectivity index (χ0n) is 18.7. The Bertz CT molecular complexity index is 795. The molecule has 0 bridgehead atoms. The number of rotatable bonds is 1. The maximum atomic E-state index is 10.1. The van der Waals surface area contributed by atoms with Crippen molar-refractivity contribution in [2.24, 2.45) is 0 Å². The summed E-state index contributed by atoms with van der Waals surface area (Å²) >= 11 is 0. The van der Waals surface area contributed by atoms with Gasteiger partial charge < -0.3 is 38.1 Å². The van der Waals surface area contributed by atoms with Gasteiger partial charge in [0.1, 0.15) is 0 Å². The molecule has 8 nitrogen and oxygen atoms in total. The summed E-state index contributed by atoms with van der Waals surface area (Å²) in [6, 6.07) is 4.32. The van der Waals surface area contributed by atoms with Gasteiger partial charge in [-0.2, -0.15) is 0 Å². The lowest BCUT2D eigenvalue weighted by Crippen LogP contribution is -2.66. The third kappa shape index (κ3) is 3.93. The van der Waals surface area contributed by atoms with Crippen LogP contribution in [0.25, 0.3) is 0 Å². The maximum absolute atomic E-state index is 10.1. The zero-order chi connectivity index (χ0) is 21.9. The second-order valence-corrected chi connectivity index (χ2v) is 10.4. The molecule has 1 aromatic rings. The van der Waals surface area contributed by atoms with Crippen molar-refractivity contribution in [1.82, 2.24) is 4.90 Å². The fourth-order valence-corrected chi connectivity index (χ4v) is 4.48. The van der Waals surface area contributed by atoms with Gasteiger partial charge in [0.05, 0.1) is 19.0 Å². The van der Waals surface area contributed by atoms with Gasteiger partial charge in [0.15, 0.2) is 0 Å². The number of morpholine rings is 1. The normalized spacial score (nSPS) is 24.9. The Morgan fingerprint density at radius 2 is 1.57 bits per heavy atom. The summed E-state index contributed by atoms with van der Waals surface area (Å²) in [5, 5.41) is 20.2. The van der Waals surface area contributed by atoms with E-state index in [-0.39, 0.29) is 10.8 Å². The topological polar surface area (TPSA) is 89.9 Å². The summed E-state index contributed by atoms with van der Waals surface area (Å²) in [4.78, 5) is 2.18. The average molecular weight is 418 g/mol. The molecule has 30 heavy (non-hydrogen) atoms. The molecule has 1 aromatic carbocycles. The SMILES string of the molecule is CC(C)(C)c1cc2c(c(C(C)(C)C)c1)O[B-]1(OB(O)OB(O)O1)[C@@H]2N1CCOCC1. The van der Waals surface area contributed by atoms with E-state index in [1.165, 1.54) is 5.56 Å². The standard InChI is InChI=1S/C19H31B3NO7/c1-18(2,3)13-11-14-16(15(12-13)19(4,5)6)27-22(29-20(24)28-21(25)30-22)17(14)23-7-9-26-10-8-23/h11-12,17,24-25H,7-10H2,1-6H3/q-1/t17-/m1/s1. The fraction of sp³-hybridized carbons (Fsp3) is 0.684. The molecule has 0 saturated carbocycles. The largest absolute Gasteiger partial charge is 0.670 e. The van der Waals surface area contributed by atoms with Crippen molar-refractivity contribution >= 4 is 21.4 Å². The Morgan fingerprint density at radius 1 is 0.967 bits per heavy atom. The highest BCUT2D eigenvalue weighted by molar-refractivity contribution is 6.78. The van der Waals surface area contributed by atoms with Crippen molar-refractivity contribution in [2.75, 3.05) is 26.3 Å². The van der Waals surface area contributed by atoms with Crippen LogP contribution in [0.15, 0.2) is 12.1 Å². The summed E-state index contributed by atoms with van der Waals surface area (Å²) < 4.78 is 28.3. The van der Waals surface area contributed by atoms with Gasteiger partial charge in [0.25, 0.3) is 0 Å². The molecule has 0 unspecified atom stereocenters. The molecule has 3 aliphatic rings. The van der Waals surface area contributed by atoms with Crippen LogP contribution >= 0.6 is 0 Å². The van der Waals surface area contributed by atoms with Crippen LogP contribution in [0, 0.1) is 0 Å². The lowest BCUT2D eigenvalue weighted by atomic mass is 9.62. The van der Waals surface area contributed by atoms with E-state index in [4.69, 9.17) is 23.1 Å². The molecule has 3 aliphatic heterocycles. The summed E-state index contributed by atoms with van der Waals surface area (Å²) in [7, 11) is -3.29. The lowest BCUT2D eigenvalue weighted by Gasteiger charge is -2.50. The van der Waals surface area contributed by atoms with Crippen LogP contribution in [-0.4, -0.2) is 62.6 Å². The molecule has 164 valence electrons. The third-order valence-corrected chi connectivity index (χ3v) is 6.06. The predicted octanol–water partition coefficient (Wildman–Crippen LogP) is 1.54. The van der Waals surface area contributed by atoms with Gasteiger partial charge in [0.2, 0.25) is 0 Å². The number of fused-ring (bicyclic) bond motifs is 1. The predicted molar refractivity (Wildman–Crippen MR) is 115 cm³/mol. The van der Waals surface area contributed by atoms with Crippen molar-refractivity contribution < 1.29 is 33.2 Å². The molecule has 2 saturated heterocycles. The second kappa shape index (κ2) is 7.51. The molecule has 0 amide bonds. The summed E-state index contributed by atoms with van der Waals surface area (Å²) in [5.41, 5.74) is 2.86. The van der Waals surface area contributed by atoms with Crippen molar-refractivity contribution in [3.63, 3.8) is 0 Å². The first-order chi connectivity index (χ1) is 13.9. The van der Waals surface area contributed by atoms with Crippen molar-refractivity contribution in [1.29, 1.82) is 0 Å². The van der Waals surface area contributed by atoms with Gasteiger partial charge in [-0.15, -0.1) is 0 Å². The van der Waals surface area contributed by atoms with E-state index < -0.39 is 27.3 Å². The minimum Gasteiger partial charge on any atom is -0.670 e. The van der Waals surface area contributed by atoms with Gasteiger partial charge in [0, 0.05) is 19.0 Å². The molecule has 1 atom stereocenters. The summed E-state index contributed by atoms with van der Waals surface area (Å²) in [6.45, 7) is 12.8.